The van der Waals surface area contributed by atoms with Crippen LogP contribution in [0.2, 0.25) is 5.28 Å². The van der Waals surface area contributed by atoms with E-state index in [4.69, 9.17) is 11.6 Å². The molecule has 1 aromatic heterocycles. The Hall–Kier alpha value is -3.79. The number of aromatic amines is 1. The molecule has 2 N–H and O–H groups in total. The van der Waals surface area contributed by atoms with Gasteiger partial charge in [0, 0.05) is 30.8 Å². The number of benzene rings is 2. The number of nitro groups is 1. The van der Waals surface area contributed by atoms with E-state index in [1.807, 2.05) is 0 Å². The molecule has 1 aliphatic heterocycles. The molecule has 0 saturated carbocycles. The molecule has 0 unspecified atom stereocenters. The maximum Gasteiger partial charge on any atom is 0.270 e. The van der Waals surface area contributed by atoms with E-state index in [9.17, 15) is 24.5 Å². The topological polar surface area (TPSA) is 138 Å². The SMILES string of the molecule is O=C(CCCN1C(=O)c2ccc([N+](=O)[O-])cc2C1=O)Nc1ccc2nc(Cl)[nH]c2c1. The summed E-state index contributed by atoms with van der Waals surface area (Å²) in [6.45, 7) is 0.0305. The lowest BCUT2D eigenvalue weighted by molar-refractivity contribution is -0.384. The zero-order valence-corrected chi connectivity index (χ0v) is 16.1. The van der Waals surface area contributed by atoms with E-state index in [2.05, 4.69) is 15.3 Å². The van der Waals surface area contributed by atoms with Crippen molar-refractivity contribution in [1.29, 1.82) is 0 Å². The minimum Gasteiger partial charge on any atom is -0.329 e. The Kier molecular flexibility index (Phi) is 4.92. The third-order valence-corrected chi connectivity index (χ3v) is 4.87. The van der Waals surface area contributed by atoms with E-state index in [0.29, 0.717) is 16.7 Å². The predicted octanol–water partition coefficient (Wildman–Crippen LogP) is 3.14. The molecule has 1 aliphatic rings. The van der Waals surface area contributed by atoms with Gasteiger partial charge in [0.05, 0.1) is 27.1 Å². The molecule has 0 radical (unpaired) electrons. The quantitative estimate of drug-likeness (QED) is 0.352. The molecule has 3 amide bonds. The summed E-state index contributed by atoms with van der Waals surface area (Å²) in [7, 11) is 0. The molecule has 0 aliphatic carbocycles. The second-order valence-corrected chi connectivity index (χ2v) is 7.02. The Morgan fingerprint density at radius 3 is 2.70 bits per heavy atom. The summed E-state index contributed by atoms with van der Waals surface area (Å²) in [5.41, 5.74) is 1.78. The van der Waals surface area contributed by atoms with Crippen molar-refractivity contribution in [1.82, 2.24) is 14.9 Å². The summed E-state index contributed by atoms with van der Waals surface area (Å²) in [4.78, 5) is 55.2. The van der Waals surface area contributed by atoms with Crippen LogP contribution in [-0.4, -0.2) is 44.1 Å². The van der Waals surface area contributed by atoms with Gasteiger partial charge in [-0.05, 0) is 42.3 Å². The number of amides is 3. The minimum atomic E-state index is -0.625. The second kappa shape index (κ2) is 7.56. The number of nitrogens with zero attached hydrogens (tertiary/aromatic N) is 3. The lowest BCUT2D eigenvalue weighted by Crippen LogP contribution is -2.31. The van der Waals surface area contributed by atoms with E-state index in [-0.39, 0.29) is 47.4 Å². The van der Waals surface area contributed by atoms with E-state index in [0.717, 1.165) is 11.0 Å². The van der Waals surface area contributed by atoms with Crippen LogP contribution < -0.4 is 5.32 Å². The number of hydrogen-bond donors (Lipinski definition) is 2. The van der Waals surface area contributed by atoms with E-state index in [1.54, 1.807) is 18.2 Å². The van der Waals surface area contributed by atoms with Crippen LogP contribution >= 0.6 is 11.6 Å². The molecule has 2 aromatic carbocycles. The van der Waals surface area contributed by atoms with Crippen molar-refractivity contribution >= 4 is 51.7 Å². The number of halogens is 1. The van der Waals surface area contributed by atoms with Gasteiger partial charge in [-0.2, -0.15) is 0 Å². The number of fused-ring (bicyclic) bond motifs is 2. The number of rotatable bonds is 6. The van der Waals surface area contributed by atoms with Crippen LogP contribution in [0.15, 0.2) is 36.4 Å². The number of nitro benzene ring substituents is 1. The van der Waals surface area contributed by atoms with Crippen molar-refractivity contribution < 1.29 is 19.3 Å². The first kappa shape index (κ1) is 19.5. The highest BCUT2D eigenvalue weighted by molar-refractivity contribution is 6.29. The van der Waals surface area contributed by atoms with Gasteiger partial charge in [0.2, 0.25) is 11.2 Å². The van der Waals surface area contributed by atoms with Crippen LogP contribution in [0.3, 0.4) is 0 Å². The first-order valence-corrected chi connectivity index (χ1v) is 9.31. The van der Waals surface area contributed by atoms with Gasteiger partial charge in [0.15, 0.2) is 0 Å². The van der Waals surface area contributed by atoms with Gasteiger partial charge in [-0.25, -0.2) is 4.98 Å². The Morgan fingerprint density at radius 1 is 1.17 bits per heavy atom. The van der Waals surface area contributed by atoms with Crippen molar-refractivity contribution in [3.05, 3.63) is 62.9 Å². The number of nitrogens with one attached hydrogen (secondary N) is 2. The molecule has 3 aromatic rings. The molecule has 4 rings (SSSR count). The highest BCUT2D eigenvalue weighted by Crippen LogP contribution is 2.27. The fourth-order valence-electron chi connectivity index (χ4n) is 3.27. The first-order valence-electron chi connectivity index (χ1n) is 8.93. The summed E-state index contributed by atoms with van der Waals surface area (Å²) in [5, 5.41) is 13.9. The highest BCUT2D eigenvalue weighted by atomic mass is 35.5. The largest absolute Gasteiger partial charge is 0.329 e. The fraction of sp³-hybridized carbons (Fsp3) is 0.158. The van der Waals surface area contributed by atoms with Crippen LogP contribution in [0.4, 0.5) is 11.4 Å². The zero-order valence-electron chi connectivity index (χ0n) is 15.3. The zero-order chi connectivity index (χ0) is 21.4. The molecule has 30 heavy (non-hydrogen) atoms. The molecule has 0 saturated heterocycles. The standard InChI is InChI=1S/C19H14ClN5O5/c20-19-22-14-6-3-10(8-15(14)23-19)21-16(26)2-1-7-24-17(27)12-5-4-11(25(29)30)9-13(12)18(24)28/h3-6,8-9H,1-2,7H2,(H,21,26)(H,22,23). The molecule has 11 heteroatoms. The third-order valence-electron chi connectivity index (χ3n) is 4.69. The van der Waals surface area contributed by atoms with Crippen LogP contribution in [0.25, 0.3) is 11.0 Å². The minimum absolute atomic E-state index is 0.00479. The van der Waals surface area contributed by atoms with Crippen LogP contribution in [0, 0.1) is 10.1 Å². The molecule has 0 atom stereocenters. The molecule has 0 bridgehead atoms. The Balaban J connectivity index is 1.35. The van der Waals surface area contributed by atoms with Gasteiger partial charge in [-0.15, -0.1) is 0 Å². The number of hydrogen-bond acceptors (Lipinski definition) is 6. The molecule has 2 heterocycles. The maximum absolute atomic E-state index is 12.4. The maximum atomic E-state index is 12.4. The number of anilines is 1. The lowest BCUT2D eigenvalue weighted by Gasteiger charge is -2.13. The van der Waals surface area contributed by atoms with Gasteiger partial charge < -0.3 is 10.3 Å². The number of imide groups is 1. The van der Waals surface area contributed by atoms with Gasteiger partial charge in [-0.3, -0.25) is 29.4 Å². The average Bonchev–Trinajstić information content (AvgIpc) is 3.19. The van der Waals surface area contributed by atoms with Gasteiger partial charge >= 0.3 is 0 Å². The Labute approximate surface area is 174 Å². The van der Waals surface area contributed by atoms with Crippen LogP contribution in [0.5, 0.6) is 0 Å². The van der Waals surface area contributed by atoms with E-state index in [1.165, 1.54) is 12.1 Å². The number of carbonyl (C=O) groups excluding carboxylic acids is 3. The number of non-ortho nitro benzene ring substituents is 1. The fourth-order valence-corrected chi connectivity index (χ4v) is 3.47. The first-order chi connectivity index (χ1) is 14.3. The number of H-pyrrole nitrogens is 1. The van der Waals surface area contributed by atoms with E-state index < -0.39 is 16.7 Å². The molecule has 0 spiro atoms. The summed E-state index contributed by atoms with van der Waals surface area (Å²) in [6, 6.07) is 8.66. The highest BCUT2D eigenvalue weighted by Gasteiger charge is 2.36. The number of aromatic nitrogens is 2. The molecule has 0 fully saturated rings. The Bertz CT molecular complexity index is 1220. The normalized spacial score (nSPS) is 13.0. The molecule has 152 valence electrons. The number of carbonyl (C=O) groups is 3. The van der Waals surface area contributed by atoms with Gasteiger partial charge in [0.25, 0.3) is 17.5 Å². The second-order valence-electron chi connectivity index (χ2n) is 6.66. The average molecular weight is 428 g/mol. The summed E-state index contributed by atoms with van der Waals surface area (Å²) < 4.78 is 0. The van der Waals surface area contributed by atoms with Crippen molar-refractivity contribution in [3.63, 3.8) is 0 Å². The summed E-state index contributed by atoms with van der Waals surface area (Å²) in [5.74, 6) is -1.40. The molecular weight excluding hydrogens is 414 g/mol. The molecule has 10 nitrogen and oxygen atoms in total. The smallest absolute Gasteiger partial charge is 0.270 e. The van der Waals surface area contributed by atoms with E-state index >= 15 is 0 Å². The third kappa shape index (κ3) is 3.60. The van der Waals surface area contributed by atoms with Gasteiger partial charge in [0.1, 0.15) is 0 Å². The predicted molar refractivity (Wildman–Crippen MR) is 107 cm³/mol. The van der Waals surface area contributed by atoms with Gasteiger partial charge in [-0.1, -0.05) is 0 Å². The summed E-state index contributed by atoms with van der Waals surface area (Å²) >= 11 is 5.81. The monoisotopic (exact) mass is 427 g/mol. The van der Waals surface area contributed by atoms with Crippen LogP contribution in [0.1, 0.15) is 33.6 Å². The lowest BCUT2D eigenvalue weighted by atomic mass is 10.1. The number of imidazole rings is 1. The van der Waals surface area contributed by atoms with Crippen LogP contribution in [-0.2, 0) is 4.79 Å². The van der Waals surface area contributed by atoms with Crippen molar-refractivity contribution in [2.45, 2.75) is 12.8 Å². The molecular formula is C19H14ClN5O5. The van der Waals surface area contributed by atoms with Crippen molar-refractivity contribution in [2.75, 3.05) is 11.9 Å². The summed E-state index contributed by atoms with van der Waals surface area (Å²) in [6.07, 6.45) is 0.326. The van der Waals surface area contributed by atoms with Crippen molar-refractivity contribution in [2.24, 2.45) is 0 Å². The Morgan fingerprint density at radius 2 is 1.93 bits per heavy atom. The van der Waals surface area contributed by atoms with Crippen molar-refractivity contribution in [3.8, 4) is 0 Å².